The minimum atomic E-state index is -0.244. The maximum absolute atomic E-state index is 13.0. The van der Waals surface area contributed by atoms with E-state index in [0.29, 0.717) is 13.2 Å². The summed E-state index contributed by atoms with van der Waals surface area (Å²) in [5.74, 6) is 1.28. The SMILES string of the molecule is Fc1ccc(-c2csc(-c3ccc4c(c3)OCCO4)n2)cc1. The summed E-state index contributed by atoms with van der Waals surface area (Å²) in [7, 11) is 0. The fraction of sp³-hybridized carbons (Fsp3) is 0.118. The minimum Gasteiger partial charge on any atom is -0.486 e. The maximum Gasteiger partial charge on any atom is 0.162 e. The Hall–Kier alpha value is -2.40. The lowest BCUT2D eigenvalue weighted by molar-refractivity contribution is 0.171. The monoisotopic (exact) mass is 313 g/mol. The molecular formula is C17H12FNO2S. The summed E-state index contributed by atoms with van der Waals surface area (Å²) in [4.78, 5) is 4.63. The molecule has 0 saturated carbocycles. The maximum atomic E-state index is 13.0. The second-order valence-electron chi connectivity index (χ2n) is 4.90. The summed E-state index contributed by atoms with van der Waals surface area (Å²) in [5.41, 5.74) is 2.74. The summed E-state index contributed by atoms with van der Waals surface area (Å²) in [6, 6.07) is 12.2. The molecule has 0 radical (unpaired) electrons. The normalized spacial score (nSPS) is 13.1. The number of aromatic nitrogens is 1. The molecule has 3 nitrogen and oxygen atoms in total. The van der Waals surface area contributed by atoms with Gasteiger partial charge in [0, 0.05) is 16.5 Å². The third-order valence-electron chi connectivity index (χ3n) is 3.43. The molecule has 0 atom stereocenters. The Labute approximate surface area is 131 Å². The van der Waals surface area contributed by atoms with Gasteiger partial charge in [-0.25, -0.2) is 9.37 Å². The van der Waals surface area contributed by atoms with E-state index in [9.17, 15) is 4.39 Å². The van der Waals surface area contributed by atoms with E-state index in [1.54, 1.807) is 23.5 Å². The van der Waals surface area contributed by atoms with Crippen LogP contribution in [0.1, 0.15) is 0 Å². The highest BCUT2D eigenvalue weighted by atomic mass is 32.1. The quantitative estimate of drug-likeness (QED) is 0.703. The fourth-order valence-electron chi connectivity index (χ4n) is 2.34. The fourth-order valence-corrected chi connectivity index (χ4v) is 3.16. The van der Waals surface area contributed by atoms with Crippen LogP contribution in [0.5, 0.6) is 11.5 Å². The van der Waals surface area contributed by atoms with Crippen LogP contribution in [-0.4, -0.2) is 18.2 Å². The van der Waals surface area contributed by atoms with Gasteiger partial charge >= 0.3 is 0 Å². The first-order valence-corrected chi connectivity index (χ1v) is 7.79. The molecule has 22 heavy (non-hydrogen) atoms. The van der Waals surface area contributed by atoms with E-state index in [2.05, 4.69) is 4.98 Å². The Kier molecular flexibility index (Phi) is 3.27. The van der Waals surface area contributed by atoms with Gasteiger partial charge in [-0.1, -0.05) is 0 Å². The molecule has 0 amide bonds. The van der Waals surface area contributed by atoms with Crippen LogP contribution in [0.4, 0.5) is 4.39 Å². The Morgan fingerprint density at radius 2 is 1.64 bits per heavy atom. The first-order chi connectivity index (χ1) is 10.8. The Bertz CT molecular complexity index is 814. The van der Waals surface area contributed by atoms with Crippen molar-refractivity contribution in [3.05, 3.63) is 53.7 Å². The molecule has 2 aromatic carbocycles. The summed E-state index contributed by atoms with van der Waals surface area (Å²) in [5, 5.41) is 2.87. The van der Waals surface area contributed by atoms with E-state index < -0.39 is 0 Å². The number of thiazole rings is 1. The van der Waals surface area contributed by atoms with E-state index >= 15 is 0 Å². The molecule has 0 saturated heterocycles. The van der Waals surface area contributed by atoms with Gasteiger partial charge in [-0.2, -0.15) is 0 Å². The lowest BCUT2D eigenvalue weighted by atomic mass is 10.1. The highest BCUT2D eigenvalue weighted by Gasteiger charge is 2.14. The lowest BCUT2D eigenvalue weighted by Gasteiger charge is -2.18. The molecular weight excluding hydrogens is 301 g/mol. The van der Waals surface area contributed by atoms with Crippen molar-refractivity contribution < 1.29 is 13.9 Å². The Morgan fingerprint density at radius 1 is 0.909 bits per heavy atom. The Balaban J connectivity index is 1.68. The molecule has 2 heterocycles. The molecule has 110 valence electrons. The van der Waals surface area contributed by atoms with Crippen LogP contribution in [-0.2, 0) is 0 Å². The molecule has 1 aliphatic rings. The number of halogens is 1. The second kappa shape index (κ2) is 5.42. The predicted octanol–water partition coefficient (Wildman–Crippen LogP) is 4.39. The van der Waals surface area contributed by atoms with Crippen molar-refractivity contribution in [3.63, 3.8) is 0 Å². The predicted molar refractivity (Wildman–Crippen MR) is 83.9 cm³/mol. The first-order valence-electron chi connectivity index (χ1n) is 6.91. The Morgan fingerprint density at radius 3 is 2.45 bits per heavy atom. The molecule has 0 fully saturated rings. The van der Waals surface area contributed by atoms with E-state index in [1.807, 2.05) is 23.6 Å². The lowest BCUT2D eigenvalue weighted by Crippen LogP contribution is -2.15. The van der Waals surface area contributed by atoms with Gasteiger partial charge in [-0.05, 0) is 42.5 Å². The molecule has 0 aliphatic carbocycles. The third-order valence-corrected chi connectivity index (χ3v) is 4.32. The molecule has 0 spiro atoms. The number of fused-ring (bicyclic) bond motifs is 1. The zero-order chi connectivity index (χ0) is 14.9. The van der Waals surface area contributed by atoms with Gasteiger partial charge in [0.25, 0.3) is 0 Å². The van der Waals surface area contributed by atoms with Crippen LogP contribution in [0.25, 0.3) is 21.8 Å². The smallest absolute Gasteiger partial charge is 0.162 e. The van der Waals surface area contributed by atoms with E-state index in [0.717, 1.165) is 33.3 Å². The van der Waals surface area contributed by atoms with E-state index in [4.69, 9.17) is 9.47 Å². The van der Waals surface area contributed by atoms with Crippen molar-refractivity contribution in [2.75, 3.05) is 13.2 Å². The zero-order valence-corrected chi connectivity index (χ0v) is 12.4. The molecule has 0 bridgehead atoms. The van der Waals surface area contributed by atoms with Crippen molar-refractivity contribution in [1.82, 2.24) is 4.98 Å². The highest BCUT2D eigenvalue weighted by molar-refractivity contribution is 7.13. The van der Waals surface area contributed by atoms with Gasteiger partial charge in [-0.3, -0.25) is 0 Å². The number of hydrogen-bond acceptors (Lipinski definition) is 4. The number of ether oxygens (including phenoxy) is 2. The third kappa shape index (κ3) is 2.44. The van der Waals surface area contributed by atoms with Gasteiger partial charge in [0.05, 0.1) is 5.69 Å². The van der Waals surface area contributed by atoms with Crippen LogP contribution in [0.15, 0.2) is 47.8 Å². The van der Waals surface area contributed by atoms with Crippen molar-refractivity contribution >= 4 is 11.3 Å². The van der Waals surface area contributed by atoms with Crippen molar-refractivity contribution in [2.24, 2.45) is 0 Å². The molecule has 0 N–H and O–H groups in total. The van der Waals surface area contributed by atoms with Crippen molar-refractivity contribution in [2.45, 2.75) is 0 Å². The first kappa shape index (κ1) is 13.3. The van der Waals surface area contributed by atoms with Crippen LogP contribution < -0.4 is 9.47 Å². The molecule has 4 rings (SSSR count). The van der Waals surface area contributed by atoms with E-state index in [1.165, 1.54) is 12.1 Å². The molecule has 0 unspecified atom stereocenters. The number of nitrogens with zero attached hydrogens (tertiary/aromatic N) is 1. The zero-order valence-electron chi connectivity index (χ0n) is 11.6. The number of hydrogen-bond donors (Lipinski definition) is 0. The summed E-state index contributed by atoms with van der Waals surface area (Å²) >= 11 is 1.55. The van der Waals surface area contributed by atoms with Crippen molar-refractivity contribution in [3.8, 4) is 33.3 Å². The molecule has 1 aromatic heterocycles. The average Bonchev–Trinajstić information content (AvgIpc) is 3.05. The minimum absolute atomic E-state index is 0.244. The molecule has 5 heteroatoms. The molecule has 3 aromatic rings. The van der Waals surface area contributed by atoms with Gasteiger partial charge in [-0.15, -0.1) is 11.3 Å². The van der Waals surface area contributed by atoms with Crippen LogP contribution in [0.3, 0.4) is 0 Å². The van der Waals surface area contributed by atoms with Gasteiger partial charge in [0.15, 0.2) is 11.5 Å². The summed E-state index contributed by atoms with van der Waals surface area (Å²) in [6.07, 6.45) is 0. The summed E-state index contributed by atoms with van der Waals surface area (Å²) < 4.78 is 24.1. The number of benzene rings is 2. The summed E-state index contributed by atoms with van der Waals surface area (Å²) in [6.45, 7) is 1.15. The van der Waals surface area contributed by atoms with Crippen molar-refractivity contribution in [1.29, 1.82) is 0 Å². The topological polar surface area (TPSA) is 31.4 Å². The van der Waals surface area contributed by atoms with Gasteiger partial charge in [0.2, 0.25) is 0 Å². The highest BCUT2D eigenvalue weighted by Crippen LogP contribution is 2.36. The van der Waals surface area contributed by atoms with Crippen LogP contribution in [0, 0.1) is 5.82 Å². The van der Waals surface area contributed by atoms with Gasteiger partial charge < -0.3 is 9.47 Å². The van der Waals surface area contributed by atoms with Gasteiger partial charge in [0.1, 0.15) is 24.0 Å². The van der Waals surface area contributed by atoms with E-state index in [-0.39, 0.29) is 5.82 Å². The number of rotatable bonds is 2. The molecule has 1 aliphatic heterocycles. The van der Waals surface area contributed by atoms with Crippen LogP contribution in [0.2, 0.25) is 0 Å². The van der Waals surface area contributed by atoms with Crippen LogP contribution >= 0.6 is 11.3 Å². The largest absolute Gasteiger partial charge is 0.486 e. The average molecular weight is 313 g/mol. The second-order valence-corrected chi connectivity index (χ2v) is 5.76. The standard InChI is InChI=1S/C17H12FNO2S/c18-13-4-1-11(2-5-13)14-10-22-17(19-14)12-3-6-15-16(9-12)21-8-7-20-15/h1-6,9-10H,7-8H2.